The Balaban J connectivity index is 2.98. The predicted molar refractivity (Wildman–Crippen MR) is 54.2 cm³/mol. The predicted octanol–water partition coefficient (Wildman–Crippen LogP) is 0.738. The van der Waals surface area contributed by atoms with Crippen LogP contribution in [0.4, 0.5) is 0 Å². The molecule has 0 aromatic rings. The Hall–Kier alpha value is -2.10. The number of carbonyl (C=O) groups excluding carboxylic acids is 1. The van der Waals surface area contributed by atoms with Crippen molar-refractivity contribution in [3.63, 3.8) is 0 Å². The zero-order chi connectivity index (χ0) is 12.1. The lowest BCUT2D eigenvalue weighted by atomic mass is 10.2. The minimum atomic E-state index is -0.714. The summed E-state index contributed by atoms with van der Waals surface area (Å²) in [6.45, 7) is 4.59. The number of nitrogens with one attached hydrogen (secondary N) is 1. The summed E-state index contributed by atoms with van der Waals surface area (Å²) >= 11 is 0. The summed E-state index contributed by atoms with van der Waals surface area (Å²) in [5, 5.41) is 17.7. The molecule has 1 rings (SSSR count). The second kappa shape index (κ2) is 5.11. The highest BCUT2D eigenvalue weighted by molar-refractivity contribution is 5.93. The highest BCUT2D eigenvalue weighted by atomic mass is 16.5. The van der Waals surface area contributed by atoms with Gasteiger partial charge in [-0.25, -0.2) is 4.79 Å². The fraction of sp³-hybridized carbons (Fsp3) is 0.556. The molecule has 1 aliphatic heterocycles. The topological polar surface area (TPSA) is 90.1 Å². The lowest BCUT2D eigenvalue weighted by Crippen LogP contribution is -2.33. The van der Waals surface area contributed by atoms with E-state index in [4.69, 9.17) is 5.26 Å². The van der Waals surface area contributed by atoms with Gasteiger partial charge in [0.1, 0.15) is 6.07 Å². The number of esters is 1. The average Bonchev–Trinajstić information content (AvgIpc) is 2.66. The van der Waals surface area contributed by atoms with Crippen LogP contribution >= 0.6 is 0 Å². The van der Waals surface area contributed by atoms with Gasteiger partial charge in [-0.05, 0) is 5.92 Å². The maximum atomic E-state index is 11.3. The summed E-state index contributed by atoms with van der Waals surface area (Å²) in [7, 11) is 1.21. The molecule has 7 heteroatoms. The van der Waals surface area contributed by atoms with Crippen LogP contribution in [0.5, 0.6) is 0 Å². The zero-order valence-electron chi connectivity index (χ0n) is 9.39. The third-order valence-electron chi connectivity index (χ3n) is 1.84. The number of hydrogen-bond acceptors (Lipinski definition) is 7. The molecule has 0 spiro atoms. The van der Waals surface area contributed by atoms with E-state index in [0.29, 0.717) is 12.5 Å². The van der Waals surface area contributed by atoms with Crippen LogP contribution in [0.3, 0.4) is 0 Å². The summed E-state index contributed by atoms with van der Waals surface area (Å²) in [6, 6.07) is 1.77. The van der Waals surface area contributed by atoms with Gasteiger partial charge < -0.3 is 4.74 Å². The number of carbonyl (C=O) groups is 1. The van der Waals surface area contributed by atoms with Crippen molar-refractivity contribution < 1.29 is 9.53 Å². The minimum Gasteiger partial charge on any atom is -0.465 e. The van der Waals surface area contributed by atoms with Crippen molar-refractivity contribution in [2.75, 3.05) is 13.7 Å². The smallest absolute Gasteiger partial charge is 0.352 e. The number of hydrogen-bond donors (Lipinski definition) is 1. The van der Waals surface area contributed by atoms with Crippen molar-refractivity contribution in [2.24, 2.45) is 16.3 Å². The van der Waals surface area contributed by atoms with Crippen LogP contribution in [0.1, 0.15) is 13.8 Å². The van der Waals surface area contributed by atoms with Crippen molar-refractivity contribution in [1.29, 1.82) is 5.26 Å². The number of rotatable bonds is 3. The lowest BCUT2D eigenvalue weighted by molar-refractivity contribution is -0.135. The fourth-order valence-electron chi connectivity index (χ4n) is 1.19. The molecule has 1 aliphatic rings. The van der Waals surface area contributed by atoms with E-state index < -0.39 is 5.97 Å². The van der Waals surface area contributed by atoms with E-state index in [9.17, 15) is 4.79 Å². The normalized spacial score (nSPS) is 17.1. The van der Waals surface area contributed by atoms with E-state index in [1.165, 1.54) is 7.11 Å². The van der Waals surface area contributed by atoms with Crippen LogP contribution in [0.25, 0.3) is 0 Å². The van der Waals surface area contributed by atoms with Gasteiger partial charge >= 0.3 is 5.97 Å². The summed E-state index contributed by atoms with van der Waals surface area (Å²) in [6.07, 6.45) is 0. The highest BCUT2D eigenvalue weighted by Gasteiger charge is 2.25. The van der Waals surface area contributed by atoms with Gasteiger partial charge in [-0.2, -0.15) is 10.8 Å². The molecule has 0 fully saturated rings. The molecule has 86 valence electrons. The molecule has 0 bridgehead atoms. The lowest BCUT2D eigenvalue weighted by Gasteiger charge is -2.19. The summed E-state index contributed by atoms with van der Waals surface area (Å²) in [5.74, 6) is -0.180. The van der Waals surface area contributed by atoms with Crippen LogP contribution in [-0.2, 0) is 9.53 Å². The van der Waals surface area contributed by atoms with Crippen LogP contribution < -0.4 is 5.53 Å². The van der Waals surface area contributed by atoms with Gasteiger partial charge in [0.15, 0.2) is 11.4 Å². The Labute approximate surface area is 93.3 Å². The third kappa shape index (κ3) is 2.48. The van der Waals surface area contributed by atoms with Crippen LogP contribution in [0, 0.1) is 17.2 Å². The molecule has 7 nitrogen and oxygen atoms in total. The average molecular weight is 223 g/mol. The van der Waals surface area contributed by atoms with Gasteiger partial charge in [-0.1, -0.05) is 19.1 Å². The van der Waals surface area contributed by atoms with E-state index >= 15 is 0 Å². The molecule has 1 N–H and O–H groups in total. The maximum absolute atomic E-state index is 11.3. The Morgan fingerprint density at radius 3 is 2.88 bits per heavy atom. The van der Waals surface area contributed by atoms with Crippen molar-refractivity contribution in [1.82, 2.24) is 10.5 Å². The van der Waals surface area contributed by atoms with E-state index in [1.807, 2.05) is 13.8 Å². The third-order valence-corrected chi connectivity index (χ3v) is 1.84. The fourth-order valence-corrected chi connectivity index (χ4v) is 1.19. The SMILES string of the molecule is COC(=O)/C(C#N)=C1\N=NNN1CC(C)C. The van der Waals surface area contributed by atoms with Gasteiger partial charge in [-0.15, -0.1) is 5.11 Å². The van der Waals surface area contributed by atoms with Crippen molar-refractivity contribution in [3.8, 4) is 6.07 Å². The zero-order valence-corrected chi connectivity index (χ0v) is 9.39. The van der Waals surface area contributed by atoms with E-state index in [2.05, 4.69) is 20.6 Å². The molecular formula is C9H13N5O2. The Kier molecular flexibility index (Phi) is 3.83. The number of ether oxygens (including phenoxy) is 1. The van der Waals surface area contributed by atoms with Gasteiger partial charge in [0.05, 0.1) is 7.11 Å². The van der Waals surface area contributed by atoms with Gasteiger partial charge in [0, 0.05) is 6.54 Å². The monoisotopic (exact) mass is 223 g/mol. The molecule has 16 heavy (non-hydrogen) atoms. The van der Waals surface area contributed by atoms with Crippen molar-refractivity contribution in [2.45, 2.75) is 13.8 Å². The first-order valence-corrected chi connectivity index (χ1v) is 4.76. The quantitative estimate of drug-likeness (QED) is 0.433. The Morgan fingerprint density at radius 1 is 1.69 bits per heavy atom. The molecule has 0 aromatic heterocycles. The molecule has 0 unspecified atom stereocenters. The summed E-state index contributed by atoms with van der Waals surface area (Å²) in [5.41, 5.74) is 2.45. The number of hydrazine groups is 1. The van der Waals surface area contributed by atoms with Crippen molar-refractivity contribution in [3.05, 3.63) is 11.4 Å². The maximum Gasteiger partial charge on any atom is 0.352 e. The second-order valence-electron chi connectivity index (χ2n) is 3.61. The first-order chi connectivity index (χ1) is 7.60. The Morgan fingerprint density at radius 2 is 2.38 bits per heavy atom. The van der Waals surface area contributed by atoms with E-state index in [-0.39, 0.29) is 11.4 Å². The molecule has 0 saturated carbocycles. The molecule has 0 atom stereocenters. The van der Waals surface area contributed by atoms with Crippen molar-refractivity contribution >= 4 is 5.97 Å². The molecular weight excluding hydrogens is 210 g/mol. The van der Waals surface area contributed by atoms with Crippen LogP contribution in [0.15, 0.2) is 21.7 Å². The molecule has 1 heterocycles. The van der Waals surface area contributed by atoms with E-state index in [0.717, 1.165) is 0 Å². The van der Waals surface area contributed by atoms with E-state index in [1.54, 1.807) is 11.1 Å². The minimum absolute atomic E-state index is 0.156. The number of nitriles is 1. The molecule has 0 aromatic carbocycles. The van der Waals surface area contributed by atoms with Crippen LogP contribution in [-0.4, -0.2) is 24.6 Å². The Bertz CT molecular complexity index is 380. The molecule has 0 aliphatic carbocycles. The van der Waals surface area contributed by atoms with Crippen LogP contribution in [0.2, 0.25) is 0 Å². The highest BCUT2D eigenvalue weighted by Crippen LogP contribution is 2.17. The number of nitrogens with zero attached hydrogens (tertiary/aromatic N) is 4. The van der Waals surface area contributed by atoms with Gasteiger partial charge in [0.2, 0.25) is 0 Å². The first-order valence-electron chi connectivity index (χ1n) is 4.76. The second-order valence-corrected chi connectivity index (χ2v) is 3.61. The summed E-state index contributed by atoms with van der Waals surface area (Å²) < 4.78 is 4.49. The van der Waals surface area contributed by atoms with Gasteiger partial charge in [-0.3, -0.25) is 5.01 Å². The molecule has 0 amide bonds. The molecule has 0 saturated heterocycles. The standard InChI is InChI=1S/C9H13N5O2/c1-6(2)5-14-8(11-12-13-14)7(4-10)9(15)16-3/h6H,5H2,1-3H3,(H,11,13)/b8-7+. The molecule has 0 radical (unpaired) electrons. The number of methoxy groups -OCH3 is 1. The summed E-state index contributed by atoms with van der Waals surface area (Å²) in [4.78, 5) is 11.3. The largest absolute Gasteiger partial charge is 0.465 e. The van der Waals surface area contributed by atoms with Gasteiger partial charge in [0.25, 0.3) is 0 Å². The first kappa shape index (κ1) is 12.0.